The largest absolute Gasteiger partial charge is 1.00 e. The number of phosphoric acid groups is 2. The van der Waals surface area contributed by atoms with Gasteiger partial charge in [-0.05, 0) is 30.6 Å². The normalized spacial score (nSPS) is 23.2. The van der Waals surface area contributed by atoms with Gasteiger partial charge in [-0.25, -0.2) is 9.13 Å². The van der Waals surface area contributed by atoms with E-state index in [0.29, 0.717) is 17.8 Å². The number of carbonyl (C=O) groups is 1. The van der Waals surface area contributed by atoms with Crippen molar-refractivity contribution < 1.29 is 79.0 Å². The maximum absolute atomic E-state index is 11.0. The number of hydrogen-bond acceptors (Lipinski definition) is 4. The van der Waals surface area contributed by atoms with E-state index in [9.17, 15) is 4.79 Å². The van der Waals surface area contributed by atoms with Gasteiger partial charge >= 0.3 is 51.2 Å². The van der Waals surface area contributed by atoms with Gasteiger partial charge in [0.2, 0.25) is 0 Å². The molecule has 3 atom stereocenters. The quantitative estimate of drug-likeness (QED) is 0.171. The van der Waals surface area contributed by atoms with Crippen LogP contribution in [-0.4, -0.2) is 41.4 Å². The van der Waals surface area contributed by atoms with Crippen molar-refractivity contribution in [2.45, 2.75) is 53.1 Å². The first-order chi connectivity index (χ1) is 10.5. The molecule has 0 radical (unpaired) electrons. The first kappa shape index (κ1) is 30.4. The van der Waals surface area contributed by atoms with Gasteiger partial charge in [-0.1, -0.05) is 27.2 Å². The molecule has 0 aliphatic heterocycles. The van der Waals surface area contributed by atoms with Gasteiger partial charge in [-0.2, -0.15) is 0 Å². The maximum Gasteiger partial charge on any atom is 1.00 e. The third-order valence-corrected chi connectivity index (χ3v) is 3.28. The molecule has 0 saturated heterocycles. The molecule has 0 aromatic rings. The zero-order chi connectivity index (χ0) is 19.7. The van der Waals surface area contributed by atoms with Gasteiger partial charge in [-0.3, -0.25) is 4.79 Å². The van der Waals surface area contributed by atoms with Crippen molar-refractivity contribution in [3.63, 3.8) is 0 Å². The van der Waals surface area contributed by atoms with Crippen molar-refractivity contribution in [3.05, 3.63) is 0 Å². The summed E-state index contributed by atoms with van der Waals surface area (Å²) in [6, 6.07) is 0. The van der Waals surface area contributed by atoms with Crippen LogP contribution in [0.3, 0.4) is 0 Å². The van der Waals surface area contributed by atoms with E-state index in [1.165, 1.54) is 19.8 Å². The van der Waals surface area contributed by atoms with Crippen molar-refractivity contribution in [2.24, 2.45) is 17.8 Å². The average Bonchev–Trinajstić information content (AvgIpc) is 2.22. The predicted octanol–water partition coefficient (Wildman–Crippen LogP) is -1.73. The fourth-order valence-corrected chi connectivity index (χ4v) is 2.46. The molecule has 13 heteroatoms. The standard InChI is InChI=1S/C12H22O2.Na.2H3O4P.H/c1-8(2)11-6-5-9(3)7-12(11)14-10(4)13;;2*1-5(2,3)4;/h8-9,11-12H,5-7H2,1-4H3;;2*(H3,1,2,3,4);/q;+1;;;-1/t9-,11+,12-;;;;/m1..../s1. The van der Waals surface area contributed by atoms with Crippen LogP contribution in [0.1, 0.15) is 48.4 Å². The molecule has 1 aliphatic rings. The van der Waals surface area contributed by atoms with Crippen molar-refractivity contribution in [1.82, 2.24) is 0 Å². The summed E-state index contributed by atoms with van der Waals surface area (Å²) < 4.78 is 23.2. The Morgan fingerprint density at radius 1 is 1.04 bits per heavy atom. The number of ether oxygens (including phenoxy) is 1. The number of carbonyl (C=O) groups excluding carboxylic acids is 1. The number of rotatable bonds is 2. The van der Waals surface area contributed by atoms with Gasteiger partial charge < -0.3 is 35.5 Å². The molecular formula is C12H29NaO10P2. The third-order valence-electron chi connectivity index (χ3n) is 3.28. The second-order valence-electron chi connectivity index (χ2n) is 6.00. The molecule has 1 saturated carbocycles. The van der Waals surface area contributed by atoms with Crippen LogP contribution >= 0.6 is 15.6 Å². The minimum absolute atomic E-state index is 0. The van der Waals surface area contributed by atoms with E-state index in [1.54, 1.807) is 0 Å². The molecule has 0 amide bonds. The molecule has 0 aromatic heterocycles. The summed E-state index contributed by atoms with van der Waals surface area (Å²) in [5.74, 6) is 1.76. The predicted molar refractivity (Wildman–Crippen MR) is 86.5 cm³/mol. The molecular weight excluding hydrogens is 389 g/mol. The molecule has 1 rings (SSSR count). The molecule has 0 bridgehead atoms. The smallest absolute Gasteiger partial charge is 1.00 e. The monoisotopic (exact) mass is 418 g/mol. The van der Waals surface area contributed by atoms with Crippen LogP contribution in [0.5, 0.6) is 0 Å². The Balaban J connectivity index is -0.000000170. The molecule has 0 aromatic carbocycles. The minimum atomic E-state index is -4.64. The zero-order valence-electron chi connectivity index (χ0n) is 16.1. The van der Waals surface area contributed by atoms with E-state index in [-0.39, 0.29) is 43.1 Å². The van der Waals surface area contributed by atoms with Crippen LogP contribution in [0.15, 0.2) is 0 Å². The van der Waals surface area contributed by atoms with Crippen LogP contribution in [0, 0.1) is 17.8 Å². The molecule has 148 valence electrons. The maximum atomic E-state index is 11.0. The van der Waals surface area contributed by atoms with Crippen molar-refractivity contribution in [3.8, 4) is 0 Å². The molecule has 1 fully saturated rings. The van der Waals surface area contributed by atoms with E-state index in [1.807, 2.05) is 0 Å². The summed E-state index contributed by atoms with van der Waals surface area (Å²) in [6.07, 6.45) is 3.69. The van der Waals surface area contributed by atoms with E-state index in [2.05, 4.69) is 20.8 Å². The average molecular weight is 418 g/mol. The van der Waals surface area contributed by atoms with E-state index >= 15 is 0 Å². The second kappa shape index (κ2) is 13.8. The van der Waals surface area contributed by atoms with Crippen LogP contribution in [-0.2, 0) is 18.7 Å². The van der Waals surface area contributed by atoms with E-state index < -0.39 is 15.6 Å². The van der Waals surface area contributed by atoms with Gasteiger partial charge in [0.05, 0.1) is 0 Å². The second-order valence-corrected chi connectivity index (χ2v) is 8.05. The fraction of sp³-hybridized carbons (Fsp3) is 0.917. The summed E-state index contributed by atoms with van der Waals surface area (Å²) in [5, 5.41) is 0. The van der Waals surface area contributed by atoms with Gasteiger partial charge in [0.25, 0.3) is 0 Å². The topological polar surface area (TPSA) is 182 Å². The molecule has 6 N–H and O–H groups in total. The van der Waals surface area contributed by atoms with Crippen molar-refractivity contribution in [2.75, 3.05) is 0 Å². The van der Waals surface area contributed by atoms with Crippen molar-refractivity contribution in [1.29, 1.82) is 0 Å². The molecule has 25 heavy (non-hydrogen) atoms. The number of esters is 1. The Morgan fingerprint density at radius 3 is 1.68 bits per heavy atom. The molecule has 10 nitrogen and oxygen atoms in total. The van der Waals surface area contributed by atoms with Crippen LogP contribution in [0.2, 0.25) is 0 Å². The van der Waals surface area contributed by atoms with E-state index in [4.69, 9.17) is 43.2 Å². The molecule has 0 heterocycles. The minimum Gasteiger partial charge on any atom is -1.00 e. The summed E-state index contributed by atoms with van der Waals surface area (Å²) in [5.41, 5.74) is 0. The molecule has 1 aliphatic carbocycles. The Labute approximate surface area is 171 Å². The van der Waals surface area contributed by atoms with Crippen LogP contribution in [0.25, 0.3) is 0 Å². The SMILES string of the molecule is CC(=O)O[C@@H]1C[C@H](C)CC[C@H]1C(C)C.O=P(O)(O)O.O=P(O)(O)O.[H-].[Na+]. The number of hydrogen-bond donors (Lipinski definition) is 6. The Kier molecular flexibility index (Phi) is 16.8. The van der Waals surface area contributed by atoms with Gasteiger partial charge in [0.1, 0.15) is 6.10 Å². The summed E-state index contributed by atoms with van der Waals surface area (Å²) in [6.45, 7) is 8.19. The van der Waals surface area contributed by atoms with Crippen molar-refractivity contribution >= 4 is 21.6 Å². The Bertz CT molecular complexity index is 430. The molecule has 0 unspecified atom stereocenters. The van der Waals surface area contributed by atoms with Crippen LogP contribution < -0.4 is 29.6 Å². The molecule has 0 spiro atoms. The first-order valence-corrected chi connectivity index (χ1v) is 10.4. The Morgan fingerprint density at radius 2 is 1.40 bits per heavy atom. The van der Waals surface area contributed by atoms with Gasteiger partial charge in [-0.15, -0.1) is 0 Å². The first-order valence-electron chi connectivity index (χ1n) is 7.24. The Hall–Kier alpha value is 0.690. The third kappa shape index (κ3) is 27.0. The van der Waals surface area contributed by atoms with Gasteiger partial charge in [0, 0.05) is 6.92 Å². The fourth-order valence-electron chi connectivity index (χ4n) is 2.46. The summed E-state index contributed by atoms with van der Waals surface area (Å²) in [4.78, 5) is 54.1. The summed E-state index contributed by atoms with van der Waals surface area (Å²) in [7, 11) is -9.28. The zero-order valence-corrected chi connectivity index (χ0v) is 18.9. The van der Waals surface area contributed by atoms with Crippen LogP contribution in [0.4, 0.5) is 0 Å². The van der Waals surface area contributed by atoms with Gasteiger partial charge in [0.15, 0.2) is 0 Å². The summed E-state index contributed by atoms with van der Waals surface area (Å²) >= 11 is 0. The van der Waals surface area contributed by atoms with E-state index in [0.717, 1.165) is 6.42 Å².